The minimum atomic E-state index is -0.848. The Kier molecular flexibility index (Phi) is 4.32. The van der Waals surface area contributed by atoms with Crippen LogP contribution in [-0.4, -0.2) is 54.9 Å². The van der Waals surface area contributed by atoms with Crippen LogP contribution in [0.4, 0.5) is 0 Å². The molecule has 1 aromatic rings. The molecule has 3 fully saturated rings. The zero-order chi connectivity index (χ0) is 18.5. The van der Waals surface area contributed by atoms with Gasteiger partial charge in [-0.2, -0.15) is 0 Å². The summed E-state index contributed by atoms with van der Waals surface area (Å²) in [6, 6.07) is 8.84. The third kappa shape index (κ3) is 3.37. The Bertz CT molecular complexity index is 672. The first kappa shape index (κ1) is 17.9. The maximum Gasteiger partial charge on any atom is 0.338 e. The van der Waals surface area contributed by atoms with E-state index in [0.29, 0.717) is 5.56 Å². The highest BCUT2D eigenvalue weighted by Gasteiger charge is 2.61. The van der Waals surface area contributed by atoms with Crippen molar-refractivity contribution in [1.82, 2.24) is 0 Å². The summed E-state index contributed by atoms with van der Waals surface area (Å²) in [6.07, 6.45) is -2.13. The first-order valence-electron chi connectivity index (χ1n) is 8.83. The zero-order valence-corrected chi connectivity index (χ0v) is 15.3. The Morgan fingerprint density at radius 2 is 1.58 bits per heavy atom. The minimum absolute atomic E-state index is 0.0600. The van der Waals surface area contributed by atoms with E-state index in [1.54, 1.807) is 24.3 Å². The van der Waals surface area contributed by atoms with Crippen LogP contribution in [0.5, 0.6) is 0 Å². The summed E-state index contributed by atoms with van der Waals surface area (Å²) < 4.78 is 35.2. The van der Waals surface area contributed by atoms with Crippen molar-refractivity contribution in [3.05, 3.63) is 35.9 Å². The van der Waals surface area contributed by atoms with Gasteiger partial charge in [0.2, 0.25) is 0 Å². The van der Waals surface area contributed by atoms with E-state index in [1.165, 1.54) is 0 Å². The van der Waals surface area contributed by atoms with E-state index in [0.717, 1.165) is 0 Å². The van der Waals surface area contributed by atoms with Crippen LogP contribution < -0.4 is 0 Å². The second-order valence-electron chi connectivity index (χ2n) is 7.67. The Morgan fingerprint density at radius 3 is 2.31 bits per heavy atom. The monoisotopic (exact) mass is 364 g/mol. The van der Waals surface area contributed by atoms with Crippen LogP contribution in [0.1, 0.15) is 38.1 Å². The number of ether oxygens (including phenoxy) is 6. The molecule has 0 amide bonds. The summed E-state index contributed by atoms with van der Waals surface area (Å²) in [6.45, 7) is 7.39. The number of esters is 1. The number of carbonyl (C=O) groups is 1. The van der Waals surface area contributed by atoms with Gasteiger partial charge in [-0.3, -0.25) is 0 Å². The second-order valence-corrected chi connectivity index (χ2v) is 7.67. The fraction of sp³-hybridized carbons (Fsp3) is 0.632. The molecule has 0 bridgehead atoms. The summed E-state index contributed by atoms with van der Waals surface area (Å²) in [5.41, 5.74) is 0.494. The molecule has 0 unspecified atom stereocenters. The molecule has 4 rings (SSSR count). The maximum atomic E-state index is 12.2. The number of hydrogen-bond acceptors (Lipinski definition) is 7. The van der Waals surface area contributed by atoms with Gasteiger partial charge in [-0.25, -0.2) is 4.79 Å². The van der Waals surface area contributed by atoms with E-state index in [-0.39, 0.29) is 18.8 Å². The van der Waals surface area contributed by atoms with Gasteiger partial charge in [0, 0.05) is 0 Å². The van der Waals surface area contributed by atoms with Crippen LogP contribution in [0.25, 0.3) is 0 Å². The van der Waals surface area contributed by atoms with Gasteiger partial charge < -0.3 is 28.4 Å². The van der Waals surface area contributed by atoms with Gasteiger partial charge in [0.25, 0.3) is 0 Å². The fourth-order valence-corrected chi connectivity index (χ4v) is 3.67. The molecular weight excluding hydrogens is 340 g/mol. The van der Waals surface area contributed by atoms with Gasteiger partial charge >= 0.3 is 5.97 Å². The summed E-state index contributed by atoms with van der Waals surface area (Å²) in [4.78, 5) is 12.2. The van der Waals surface area contributed by atoms with Crippen LogP contribution in [0.3, 0.4) is 0 Å². The number of carbonyl (C=O) groups excluding carboxylic acids is 1. The molecule has 3 saturated heterocycles. The highest BCUT2D eigenvalue weighted by atomic mass is 16.9. The van der Waals surface area contributed by atoms with Crippen molar-refractivity contribution >= 4 is 5.97 Å². The van der Waals surface area contributed by atoms with Crippen LogP contribution >= 0.6 is 0 Å². The fourth-order valence-electron chi connectivity index (χ4n) is 3.67. The molecule has 3 aliphatic heterocycles. The predicted molar refractivity (Wildman–Crippen MR) is 89.2 cm³/mol. The molecule has 142 valence electrons. The topological polar surface area (TPSA) is 72.5 Å². The highest BCUT2D eigenvalue weighted by Crippen LogP contribution is 2.44. The number of benzene rings is 1. The average Bonchev–Trinajstić information content (AvgIpc) is 3.05. The number of fused-ring (bicyclic) bond motifs is 3. The first-order chi connectivity index (χ1) is 12.2. The highest BCUT2D eigenvalue weighted by molar-refractivity contribution is 5.89. The Labute approximate surface area is 152 Å². The van der Waals surface area contributed by atoms with E-state index in [9.17, 15) is 4.79 Å². The van der Waals surface area contributed by atoms with Crippen molar-refractivity contribution in [3.63, 3.8) is 0 Å². The third-order valence-corrected chi connectivity index (χ3v) is 4.64. The van der Waals surface area contributed by atoms with Gasteiger partial charge in [-0.1, -0.05) is 18.2 Å². The zero-order valence-electron chi connectivity index (χ0n) is 15.3. The lowest BCUT2D eigenvalue weighted by Crippen LogP contribution is -2.57. The summed E-state index contributed by atoms with van der Waals surface area (Å²) in [7, 11) is 0. The van der Waals surface area contributed by atoms with Crippen molar-refractivity contribution in [2.45, 2.75) is 70.0 Å². The molecule has 0 radical (unpaired) electrons. The molecule has 0 spiro atoms. The molecule has 3 aliphatic rings. The molecule has 26 heavy (non-hydrogen) atoms. The van der Waals surface area contributed by atoms with Crippen molar-refractivity contribution in [2.75, 3.05) is 6.61 Å². The van der Waals surface area contributed by atoms with Crippen molar-refractivity contribution in [1.29, 1.82) is 0 Å². The molecule has 5 atom stereocenters. The molecule has 0 N–H and O–H groups in total. The van der Waals surface area contributed by atoms with Crippen molar-refractivity contribution in [2.24, 2.45) is 0 Å². The molecule has 1 aromatic carbocycles. The number of hydrogen-bond donors (Lipinski definition) is 0. The SMILES string of the molecule is CC1(C)O[C@H]2O[C@H]3[C@H](OC(C)(C)O[C@@H]3COC(=O)c3ccccc3)[C@H]2O1. The molecule has 7 heteroatoms. The summed E-state index contributed by atoms with van der Waals surface area (Å²) in [5, 5.41) is 0. The average molecular weight is 364 g/mol. The van der Waals surface area contributed by atoms with Crippen molar-refractivity contribution in [3.8, 4) is 0 Å². The van der Waals surface area contributed by atoms with Gasteiger partial charge in [0.15, 0.2) is 17.9 Å². The van der Waals surface area contributed by atoms with Crippen molar-refractivity contribution < 1.29 is 33.2 Å². The molecule has 7 nitrogen and oxygen atoms in total. The first-order valence-corrected chi connectivity index (χ1v) is 8.83. The predicted octanol–water partition coefficient (Wildman–Crippen LogP) is 2.24. The van der Waals surface area contributed by atoms with Crippen LogP contribution in [0.15, 0.2) is 30.3 Å². The van der Waals surface area contributed by atoms with Gasteiger partial charge in [0.05, 0.1) is 5.56 Å². The van der Waals surface area contributed by atoms with Gasteiger partial charge in [0.1, 0.15) is 31.0 Å². The van der Waals surface area contributed by atoms with E-state index < -0.39 is 36.0 Å². The molecule has 0 aliphatic carbocycles. The van der Waals surface area contributed by atoms with Crippen LogP contribution in [0.2, 0.25) is 0 Å². The van der Waals surface area contributed by atoms with Crippen LogP contribution in [-0.2, 0) is 28.4 Å². The second kappa shape index (κ2) is 6.28. The molecule has 0 saturated carbocycles. The summed E-state index contributed by atoms with van der Waals surface area (Å²) in [5.74, 6) is -1.97. The van der Waals surface area contributed by atoms with Crippen LogP contribution in [0, 0.1) is 0 Å². The third-order valence-electron chi connectivity index (χ3n) is 4.64. The largest absolute Gasteiger partial charge is 0.459 e. The lowest BCUT2D eigenvalue weighted by molar-refractivity contribution is -0.346. The quantitative estimate of drug-likeness (QED) is 0.762. The lowest BCUT2D eigenvalue weighted by atomic mass is 10.0. The Balaban J connectivity index is 1.46. The Hall–Kier alpha value is -1.51. The van der Waals surface area contributed by atoms with E-state index in [2.05, 4.69) is 0 Å². The summed E-state index contributed by atoms with van der Waals surface area (Å²) >= 11 is 0. The molecule has 0 aromatic heterocycles. The standard InChI is InChI=1S/C19H24O7/c1-18(2)23-12(10-21-16(20)11-8-6-5-7-9-11)13-14(24-18)15-17(22-13)26-19(3,4)25-15/h5-9,12-15,17H,10H2,1-4H3/t12-,13-,14+,15-,17-/m1/s1. The van der Waals surface area contributed by atoms with E-state index >= 15 is 0 Å². The maximum absolute atomic E-state index is 12.2. The minimum Gasteiger partial charge on any atom is -0.459 e. The number of rotatable bonds is 3. The van der Waals surface area contributed by atoms with E-state index in [1.807, 2.05) is 33.8 Å². The molecular formula is C19H24O7. The molecule has 3 heterocycles. The Morgan fingerprint density at radius 1 is 0.923 bits per heavy atom. The lowest BCUT2D eigenvalue weighted by Gasteiger charge is -2.43. The van der Waals surface area contributed by atoms with Gasteiger partial charge in [-0.05, 0) is 39.8 Å². The van der Waals surface area contributed by atoms with Gasteiger partial charge in [-0.15, -0.1) is 0 Å². The normalized spacial score (nSPS) is 37.0. The smallest absolute Gasteiger partial charge is 0.338 e. The van der Waals surface area contributed by atoms with E-state index in [4.69, 9.17) is 28.4 Å².